The van der Waals surface area contributed by atoms with Crippen LogP contribution in [-0.4, -0.2) is 54.7 Å². The summed E-state index contributed by atoms with van der Waals surface area (Å²) in [5.74, 6) is -0.623. The lowest BCUT2D eigenvalue weighted by molar-refractivity contribution is -0.144. The third-order valence-electron chi connectivity index (χ3n) is 3.23. The Bertz CT molecular complexity index is 458. The summed E-state index contributed by atoms with van der Waals surface area (Å²) in [5.41, 5.74) is 0.420. The number of nitrogens with zero attached hydrogens (tertiary/aromatic N) is 2. The number of carbonyl (C=O) groups excluding carboxylic acids is 2. The molecule has 0 atom stereocenters. The van der Waals surface area contributed by atoms with Crippen molar-refractivity contribution in [3.63, 3.8) is 0 Å². The first-order chi connectivity index (χ1) is 10.3. The Morgan fingerprint density at radius 2 is 1.95 bits per heavy atom. The first-order valence-electron chi connectivity index (χ1n) is 7.21. The summed E-state index contributed by atoms with van der Waals surface area (Å²) >= 11 is 0. The van der Waals surface area contributed by atoms with Gasteiger partial charge in [-0.3, -0.25) is 14.7 Å². The van der Waals surface area contributed by atoms with E-state index >= 15 is 0 Å². The zero-order valence-electron chi connectivity index (χ0n) is 12.0. The molecule has 1 aromatic heterocycles. The lowest BCUT2D eigenvalue weighted by Gasteiger charge is -2.13. The number of hydrogen-bond acceptors (Lipinski definition) is 6. The maximum Gasteiger partial charge on any atom is 0.339 e. The Balaban J connectivity index is 1.53. The van der Waals surface area contributed by atoms with E-state index in [1.165, 1.54) is 6.20 Å². The Labute approximate surface area is 124 Å². The molecule has 0 saturated carbocycles. The molecule has 0 aliphatic carbocycles. The maximum absolute atomic E-state index is 11.6. The zero-order valence-corrected chi connectivity index (χ0v) is 12.0. The topological polar surface area (TPSA) is 68.7 Å². The summed E-state index contributed by atoms with van der Waals surface area (Å²) in [5, 5.41) is 0. The second-order valence-corrected chi connectivity index (χ2v) is 4.93. The van der Waals surface area contributed by atoms with E-state index in [2.05, 4.69) is 9.88 Å². The predicted octanol–water partition coefficient (Wildman–Crippen LogP) is 1.27. The van der Waals surface area contributed by atoms with Gasteiger partial charge in [-0.05, 0) is 38.1 Å². The summed E-state index contributed by atoms with van der Waals surface area (Å²) < 4.78 is 10.2. The standard InChI is InChI=1S/C15H20N2O4/c18-14(12-17-7-1-2-8-17)20-9-4-10-21-15(19)13-5-3-6-16-11-13/h3,5-6,11H,1-2,4,7-10,12H2. The Morgan fingerprint density at radius 1 is 1.19 bits per heavy atom. The SMILES string of the molecule is O=C(CN1CCCC1)OCCCOC(=O)c1cccnc1. The number of pyridine rings is 1. The highest BCUT2D eigenvalue weighted by molar-refractivity contribution is 5.88. The van der Waals surface area contributed by atoms with Crippen LogP contribution in [-0.2, 0) is 14.3 Å². The minimum Gasteiger partial charge on any atom is -0.465 e. The van der Waals surface area contributed by atoms with E-state index < -0.39 is 5.97 Å². The molecule has 1 aromatic rings. The van der Waals surface area contributed by atoms with Crippen molar-refractivity contribution in [2.24, 2.45) is 0 Å². The van der Waals surface area contributed by atoms with Crippen molar-refractivity contribution < 1.29 is 19.1 Å². The third kappa shape index (κ3) is 5.51. The molecular formula is C15H20N2O4. The van der Waals surface area contributed by atoms with Crippen LogP contribution in [0.25, 0.3) is 0 Å². The van der Waals surface area contributed by atoms with E-state index in [1.54, 1.807) is 18.3 Å². The number of aromatic nitrogens is 1. The van der Waals surface area contributed by atoms with Gasteiger partial charge in [0.05, 0.1) is 25.3 Å². The average molecular weight is 292 g/mol. The number of likely N-dealkylation sites (tertiary alicyclic amines) is 1. The zero-order chi connectivity index (χ0) is 14.9. The molecule has 0 spiro atoms. The van der Waals surface area contributed by atoms with Gasteiger partial charge in [0, 0.05) is 18.8 Å². The van der Waals surface area contributed by atoms with Gasteiger partial charge in [0.15, 0.2) is 0 Å². The first-order valence-corrected chi connectivity index (χ1v) is 7.21. The summed E-state index contributed by atoms with van der Waals surface area (Å²) in [6, 6.07) is 3.32. The minimum atomic E-state index is -0.411. The van der Waals surface area contributed by atoms with Gasteiger partial charge in [-0.2, -0.15) is 0 Å². The number of carbonyl (C=O) groups is 2. The maximum atomic E-state index is 11.6. The minimum absolute atomic E-state index is 0.213. The molecule has 6 nitrogen and oxygen atoms in total. The summed E-state index contributed by atoms with van der Waals surface area (Å²) in [6.07, 6.45) is 5.85. The molecule has 2 heterocycles. The van der Waals surface area contributed by atoms with Gasteiger partial charge >= 0.3 is 11.9 Å². The van der Waals surface area contributed by atoms with E-state index in [9.17, 15) is 9.59 Å². The lowest BCUT2D eigenvalue weighted by atomic mass is 10.3. The fourth-order valence-corrected chi connectivity index (χ4v) is 2.15. The van der Waals surface area contributed by atoms with Gasteiger partial charge in [-0.1, -0.05) is 0 Å². The van der Waals surface area contributed by atoms with Crippen LogP contribution in [0.2, 0.25) is 0 Å². The van der Waals surface area contributed by atoms with Crippen molar-refractivity contribution in [2.75, 3.05) is 32.8 Å². The van der Waals surface area contributed by atoms with Crippen LogP contribution in [0.4, 0.5) is 0 Å². The Kier molecular flexibility index (Phi) is 6.15. The number of hydrogen-bond donors (Lipinski definition) is 0. The van der Waals surface area contributed by atoms with E-state index in [0.717, 1.165) is 25.9 Å². The fourth-order valence-electron chi connectivity index (χ4n) is 2.15. The van der Waals surface area contributed by atoms with Crippen molar-refractivity contribution in [3.8, 4) is 0 Å². The molecule has 0 bridgehead atoms. The predicted molar refractivity (Wildman–Crippen MR) is 75.8 cm³/mol. The molecule has 2 rings (SSSR count). The largest absolute Gasteiger partial charge is 0.465 e. The smallest absolute Gasteiger partial charge is 0.339 e. The number of ether oxygens (including phenoxy) is 2. The second kappa shape index (κ2) is 8.36. The van der Waals surface area contributed by atoms with Gasteiger partial charge in [0.2, 0.25) is 0 Å². The lowest BCUT2D eigenvalue weighted by Crippen LogP contribution is -2.28. The highest BCUT2D eigenvalue weighted by atomic mass is 16.5. The van der Waals surface area contributed by atoms with Gasteiger partial charge in [-0.15, -0.1) is 0 Å². The number of rotatable bonds is 7. The highest BCUT2D eigenvalue weighted by Crippen LogP contribution is 2.06. The normalized spacial score (nSPS) is 14.9. The van der Waals surface area contributed by atoms with Crippen LogP contribution in [0.3, 0.4) is 0 Å². The van der Waals surface area contributed by atoms with Gasteiger partial charge in [0.25, 0.3) is 0 Å². The molecule has 1 aliphatic heterocycles. The molecule has 0 radical (unpaired) electrons. The van der Waals surface area contributed by atoms with E-state index in [-0.39, 0.29) is 19.2 Å². The van der Waals surface area contributed by atoms with Crippen LogP contribution in [0.5, 0.6) is 0 Å². The molecule has 6 heteroatoms. The summed E-state index contributed by atoms with van der Waals surface area (Å²) in [6.45, 7) is 2.79. The van der Waals surface area contributed by atoms with Gasteiger partial charge < -0.3 is 9.47 Å². The summed E-state index contributed by atoms with van der Waals surface area (Å²) in [7, 11) is 0. The molecule has 114 valence electrons. The highest BCUT2D eigenvalue weighted by Gasteiger charge is 2.15. The van der Waals surface area contributed by atoms with Crippen molar-refractivity contribution >= 4 is 11.9 Å². The quantitative estimate of drug-likeness (QED) is 0.557. The fraction of sp³-hybridized carbons (Fsp3) is 0.533. The molecule has 1 aliphatic rings. The molecule has 0 N–H and O–H groups in total. The molecule has 21 heavy (non-hydrogen) atoms. The van der Waals surface area contributed by atoms with Crippen LogP contribution in [0.15, 0.2) is 24.5 Å². The monoisotopic (exact) mass is 292 g/mol. The van der Waals surface area contributed by atoms with Gasteiger partial charge in [-0.25, -0.2) is 4.79 Å². The van der Waals surface area contributed by atoms with Crippen molar-refractivity contribution in [3.05, 3.63) is 30.1 Å². The van der Waals surface area contributed by atoms with E-state index in [0.29, 0.717) is 18.5 Å². The molecule has 0 unspecified atom stereocenters. The summed E-state index contributed by atoms with van der Waals surface area (Å²) in [4.78, 5) is 29.1. The van der Waals surface area contributed by atoms with Crippen LogP contribution < -0.4 is 0 Å². The Morgan fingerprint density at radius 3 is 2.67 bits per heavy atom. The molecule has 1 saturated heterocycles. The Hall–Kier alpha value is -1.95. The second-order valence-electron chi connectivity index (χ2n) is 4.93. The van der Waals surface area contributed by atoms with Crippen molar-refractivity contribution in [1.82, 2.24) is 9.88 Å². The van der Waals surface area contributed by atoms with Crippen LogP contribution in [0, 0.1) is 0 Å². The van der Waals surface area contributed by atoms with Crippen LogP contribution >= 0.6 is 0 Å². The molecular weight excluding hydrogens is 272 g/mol. The van der Waals surface area contributed by atoms with Crippen LogP contribution in [0.1, 0.15) is 29.6 Å². The number of esters is 2. The van der Waals surface area contributed by atoms with E-state index in [1.807, 2.05) is 0 Å². The molecule has 1 fully saturated rings. The molecule has 0 amide bonds. The first kappa shape index (κ1) is 15.4. The van der Waals surface area contributed by atoms with Gasteiger partial charge in [0.1, 0.15) is 0 Å². The van der Waals surface area contributed by atoms with Crippen molar-refractivity contribution in [1.29, 1.82) is 0 Å². The molecule has 0 aromatic carbocycles. The van der Waals surface area contributed by atoms with Crippen molar-refractivity contribution in [2.45, 2.75) is 19.3 Å². The third-order valence-corrected chi connectivity index (χ3v) is 3.23. The average Bonchev–Trinajstić information content (AvgIpc) is 3.00. The van der Waals surface area contributed by atoms with E-state index in [4.69, 9.17) is 9.47 Å².